The number of rotatable bonds is 12. The predicted octanol–water partition coefficient (Wildman–Crippen LogP) is 0.172. The van der Waals surface area contributed by atoms with Crippen molar-refractivity contribution in [3.05, 3.63) is 46.5 Å². The highest BCUT2D eigenvalue weighted by molar-refractivity contribution is 5.94. The minimum absolute atomic E-state index is 0.0232. The zero-order chi connectivity index (χ0) is 57.2. The summed E-state index contributed by atoms with van der Waals surface area (Å²) in [6, 6.07) is 2.17. The van der Waals surface area contributed by atoms with Crippen LogP contribution in [0.1, 0.15) is 63.3 Å². The van der Waals surface area contributed by atoms with Crippen molar-refractivity contribution < 1.29 is 72.6 Å². The Labute approximate surface area is 468 Å². The highest BCUT2D eigenvalue weighted by Crippen LogP contribution is 2.59. The molecule has 13 heterocycles. The lowest BCUT2D eigenvalue weighted by molar-refractivity contribution is -0.0871. The summed E-state index contributed by atoms with van der Waals surface area (Å²) in [5, 5.41) is 29.2. The van der Waals surface area contributed by atoms with Crippen LogP contribution in [0.25, 0.3) is 0 Å². The molecule has 3 N–H and O–H groups in total. The minimum atomic E-state index is -1.55. The molecule has 0 saturated carbocycles. The van der Waals surface area contributed by atoms with Gasteiger partial charge in [0, 0.05) is 22.3 Å². The Hall–Kier alpha value is -8.32. The second-order valence-corrected chi connectivity index (χ2v) is 23.3. The highest BCUT2D eigenvalue weighted by atomic mass is 16.5. The summed E-state index contributed by atoms with van der Waals surface area (Å²) in [4.78, 5) is 147. The molecule has 8 atom stereocenters. The van der Waals surface area contributed by atoms with Crippen molar-refractivity contribution in [2.24, 2.45) is 0 Å². The molecule has 2 aromatic carbocycles. The number of carbonyl (C=O) groups excluding carboxylic acids is 8. The maximum Gasteiger partial charge on any atom is 0.326 e. The summed E-state index contributed by atoms with van der Waals surface area (Å²) in [6.45, 7) is 5.61. The van der Waals surface area contributed by atoms with Gasteiger partial charge >= 0.3 is 48.2 Å². The van der Waals surface area contributed by atoms with Gasteiger partial charge in [-0.15, -0.1) is 0 Å². The standard InChI is InChI=1S/C51H62N16O15/c1-6-14-79-32-7-8-33(80-15-11-68)29-19-61-45(76)65-25-57-38-36-52(40(71)56(38)24-64-44(75)60(18-28(29)32)48(61,2)50(64,65)4)22-54-37-39-58(42(54)73)26-66-46(77)62-20-30-31(35(82-17-13-70)10-9-34(30)81-16-12-69)21-63-47(78)67(51(66,5)49(62,63)3)27-59(39)43(74)55(37)23-53(36)41(57)72/h7-10,36-39,68-70H,6,11-27H2,1-5H3/t36-,37+,38+,39-,48+,49-,50-,51+/m1/s1. The van der Waals surface area contributed by atoms with Gasteiger partial charge in [-0.3, -0.25) is 78.4 Å². The van der Waals surface area contributed by atoms with Crippen LogP contribution in [0.3, 0.4) is 0 Å². The number of carbonyl (C=O) groups is 8. The molecule has 0 spiro atoms. The largest absolute Gasteiger partial charge is 0.493 e. The molecular weight excluding hydrogens is 1080 g/mol. The fourth-order valence-corrected chi connectivity index (χ4v) is 15.8. The molecule has 0 radical (unpaired) electrons. The van der Waals surface area contributed by atoms with E-state index in [1.807, 2.05) is 6.92 Å². The first-order valence-electron chi connectivity index (χ1n) is 27.7. The summed E-state index contributed by atoms with van der Waals surface area (Å²) < 4.78 is 24.2. The number of hydrogen-bond donors (Lipinski definition) is 3. The van der Waals surface area contributed by atoms with E-state index in [9.17, 15) is 15.3 Å². The second kappa shape index (κ2) is 16.7. The van der Waals surface area contributed by atoms with Gasteiger partial charge in [0.25, 0.3) is 0 Å². The van der Waals surface area contributed by atoms with Crippen LogP contribution in [0.4, 0.5) is 38.4 Å². The summed E-state index contributed by atoms with van der Waals surface area (Å²) >= 11 is 0. The zero-order valence-electron chi connectivity index (χ0n) is 45.7. The molecule has 31 heteroatoms. The third-order valence-electron chi connectivity index (χ3n) is 20.1. The quantitative estimate of drug-likeness (QED) is 0.256. The van der Waals surface area contributed by atoms with E-state index in [2.05, 4.69) is 0 Å². The monoisotopic (exact) mass is 1140 g/mol. The SMILES string of the molecule is CCCOc1ccc(OCCO)c2c1CN1C(=O)N3CN4C(=O)N5CN6C(=O)N7CN8C(=O)N9Cc%10c(OCCO)ccc(OCCO)c%10CN%10C(=O)N(CN%11C(=O)N(CN%12C(=O)N(CN%13C(=O)N(C2)[C@@]1(C)[C@]3%13C)[C@H]4[C@H]5%12)[C@H]6[C@H]7%11)[C@@]8(C)[C@]9%10C. The third kappa shape index (κ3) is 5.65. The summed E-state index contributed by atoms with van der Waals surface area (Å²) in [7, 11) is 0. The minimum Gasteiger partial charge on any atom is -0.493 e. The fourth-order valence-electron chi connectivity index (χ4n) is 15.8. The van der Waals surface area contributed by atoms with Crippen LogP contribution in [0.5, 0.6) is 23.0 Å². The molecule has 31 nitrogen and oxygen atoms in total. The van der Waals surface area contributed by atoms with Gasteiger partial charge in [-0.05, 0) is 58.4 Å². The maximum absolute atomic E-state index is 15.5. The Bertz CT molecular complexity index is 2870. The lowest BCUT2D eigenvalue weighted by atomic mass is 9.95. The molecule has 15 rings (SSSR count). The molecule has 2 aromatic rings. The summed E-state index contributed by atoms with van der Waals surface area (Å²) in [5.41, 5.74) is -3.72. The van der Waals surface area contributed by atoms with Gasteiger partial charge in [-0.2, -0.15) is 0 Å². The Morgan fingerprint density at radius 1 is 0.354 bits per heavy atom. The van der Waals surface area contributed by atoms with Crippen molar-refractivity contribution in [3.8, 4) is 23.0 Å². The molecule has 0 aliphatic carbocycles. The van der Waals surface area contributed by atoms with E-state index in [4.69, 9.17) is 18.9 Å². The number of aliphatic hydroxyl groups is 3. The van der Waals surface area contributed by atoms with Crippen molar-refractivity contribution in [3.63, 3.8) is 0 Å². The van der Waals surface area contributed by atoms with E-state index in [0.29, 0.717) is 58.3 Å². The fraction of sp³-hybridized carbons (Fsp3) is 0.608. The number of benzene rings is 2. The summed E-state index contributed by atoms with van der Waals surface area (Å²) in [6.07, 6.45) is -3.88. The van der Waals surface area contributed by atoms with Gasteiger partial charge in [0.2, 0.25) is 0 Å². The van der Waals surface area contributed by atoms with Crippen LogP contribution in [0.2, 0.25) is 0 Å². The van der Waals surface area contributed by atoms with Crippen LogP contribution < -0.4 is 18.9 Å². The Morgan fingerprint density at radius 2 is 0.573 bits per heavy atom. The van der Waals surface area contributed by atoms with Crippen molar-refractivity contribution in [2.75, 3.05) is 86.3 Å². The molecule has 0 aromatic heterocycles. The molecule has 16 amide bonds. The van der Waals surface area contributed by atoms with Crippen LogP contribution in [0.15, 0.2) is 24.3 Å². The molecular formula is C51H62N16O15. The number of nitrogens with zero attached hydrogens (tertiary/aromatic N) is 16. The average molecular weight is 1140 g/mol. The number of fused-ring (bicyclic) bond motifs is 2. The van der Waals surface area contributed by atoms with Gasteiger partial charge < -0.3 is 34.3 Å². The molecule has 436 valence electrons. The normalized spacial score (nSPS) is 32.3. The predicted molar refractivity (Wildman–Crippen MR) is 272 cm³/mol. The van der Waals surface area contributed by atoms with E-state index in [1.54, 1.807) is 71.6 Å². The topological polar surface area (TPSA) is 286 Å². The van der Waals surface area contributed by atoms with Gasteiger partial charge in [-0.25, -0.2) is 38.4 Å². The van der Waals surface area contributed by atoms with Crippen molar-refractivity contribution >= 4 is 48.2 Å². The molecule has 0 unspecified atom stereocenters. The van der Waals surface area contributed by atoms with Gasteiger partial charge in [0.15, 0.2) is 47.3 Å². The van der Waals surface area contributed by atoms with Gasteiger partial charge in [0.05, 0.1) is 52.6 Å². The first kappa shape index (κ1) is 50.6. The zero-order valence-corrected chi connectivity index (χ0v) is 45.7. The number of amides is 16. The molecule has 11 saturated heterocycles. The Kier molecular flexibility index (Phi) is 10.3. The third-order valence-corrected chi connectivity index (χ3v) is 20.1. The van der Waals surface area contributed by atoms with Gasteiger partial charge in [0.1, 0.15) is 82.8 Å². The maximum atomic E-state index is 15.5. The first-order chi connectivity index (χ1) is 39.4. The van der Waals surface area contributed by atoms with Crippen LogP contribution in [-0.2, 0) is 26.2 Å². The Morgan fingerprint density at radius 3 is 0.805 bits per heavy atom. The summed E-state index contributed by atoms with van der Waals surface area (Å²) in [5.74, 6) is 1.59. The van der Waals surface area contributed by atoms with E-state index in [1.165, 1.54) is 58.8 Å². The molecule has 82 heavy (non-hydrogen) atoms. The highest BCUT2D eigenvalue weighted by Gasteiger charge is 2.80. The first-order valence-corrected chi connectivity index (χ1v) is 27.7. The number of aliphatic hydroxyl groups excluding tert-OH is 3. The van der Waals surface area contributed by atoms with Crippen molar-refractivity contribution in [1.29, 1.82) is 0 Å². The molecule has 11 fully saturated rings. The molecule has 13 aliphatic rings. The smallest absolute Gasteiger partial charge is 0.326 e. The second-order valence-electron chi connectivity index (χ2n) is 23.3. The Balaban J connectivity index is 0.785. The van der Waals surface area contributed by atoms with Crippen LogP contribution in [0, 0.1) is 0 Å². The lowest BCUT2D eigenvalue weighted by Gasteiger charge is -2.49. The van der Waals surface area contributed by atoms with E-state index in [0.717, 1.165) is 0 Å². The van der Waals surface area contributed by atoms with E-state index >= 15 is 38.4 Å². The van der Waals surface area contributed by atoms with Crippen LogP contribution in [-0.4, -0.2) is 276 Å². The van der Waals surface area contributed by atoms with Crippen molar-refractivity contribution in [1.82, 2.24) is 78.4 Å². The van der Waals surface area contributed by atoms with Crippen LogP contribution >= 0.6 is 0 Å². The van der Waals surface area contributed by atoms with E-state index < -0.39 is 129 Å². The van der Waals surface area contributed by atoms with Crippen molar-refractivity contribution in [2.45, 2.75) is 115 Å². The van der Waals surface area contributed by atoms with Gasteiger partial charge in [-0.1, -0.05) is 6.92 Å². The number of ether oxygens (including phenoxy) is 4. The van der Waals surface area contributed by atoms with E-state index in [-0.39, 0.29) is 72.5 Å². The number of urea groups is 8. The number of hydrogen-bond acceptors (Lipinski definition) is 15. The molecule has 0 bridgehead atoms. The lowest BCUT2D eigenvalue weighted by Crippen LogP contribution is -2.69. The average Bonchev–Trinajstić information content (AvgIpc) is 1.57. The molecule has 13 aliphatic heterocycles.